The van der Waals surface area contributed by atoms with Crippen molar-refractivity contribution < 1.29 is 4.42 Å². The summed E-state index contributed by atoms with van der Waals surface area (Å²) in [5, 5.41) is 0. The molecule has 0 radical (unpaired) electrons. The van der Waals surface area contributed by atoms with Crippen molar-refractivity contribution in [2.24, 2.45) is 0 Å². The van der Waals surface area contributed by atoms with Gasteiger partial charge >= 0.3 is 0 Å². The highest BCUT2D eigenvalue weighted by molar-refractivity contribution is 9.10. The third-order valence-electron chi connectivity index (χ3n) is 5.30. The normalized spacial score (nSPS) is 14.9. The van der Waals surface area contributed by atoms with Crippen molar-refractivity contribution in [2.45, 2.75) is 25.9 Å². The zero-order valence-corrected chi connectivity index (χ0v) is 17.1. The zero-order chi connectivity index (χ0) is 18.9. The number of imidazole rings is 1. The zero-order valence-electron chi connectivity index (χ0n) is 15.5. The molecule has 0 amide bonds. The molecule has 3 heterocycles. The first-order valence-corrected chi connectivity index (χ1v) is 10.4. The molecule has 6 heteroatoms. The van der Waals surface area contributed by atoms with E-state index in [0.717, 1.165) is 53.1 Å². The largest absolute Gasteiger partial charge is 0.429 e. The van der Waals surface area contributed by atoms with Gasteiger partial charge < -0.3 is 8.98 Å². The number of nitrogens with zero attached hydrogens (tertiary/aromatic N) is 4. The van der Waals surface area contributed by atoms with Crippen LogP contribution in [0.25, 0.3) is 22.5 Å². The summed E-state index contributed by atoms with van der Waals surface area (Å²) in [4.78, 5) is 11.6. The third kappa shape index (κ3) is 3.50. The molecule has 1 fully saturated rings. The maximum Gasteiger partial charge on any atom is 0.227 e. The van der Waals surface area contributed by atoms with E-state index in [9.17, 15) is 0 Å². The van der Waals surface area contributed by atoms with Gasteiger partial charge in [-0.1, -0.05) is 24.3 Å². The Morgan fingerprint density at radius 3 is 2.57 bits per heavy atom. The van der Waals surface area contributed by atoms with Gasteiger partial charge in [0.2, 0.25) is 5.89 Å². The third-order valence-corrected chi connectivity index (χ3v) is 5.92. The number of hydrogen-bond donors (Lipinski definition) is 0. The lowest BCUT2D eigenvalue weighted by atomic mass is 10.1. The Labute approximate surface area is 172 Å². The summed E-state index contributed by atoms with van der Waals surface area (Å²) in [6.45, 7) is 3.92. The van der Waals surface area contributed by atoms with Crippen molar-refractivity contribution in [3.8, 4) is 11.5 Å². The molecule has 2 aromatic carbocycles. The van der Waals surface area contributed by atoms with Crippen LogP contribution in [0.15, 0.2) is 63.9 Å². The number of benzene rings is 2. The van der Waals surface area contributed by atoms with Crippen LogP contribution in [-0.4, -0.2) is 32.5 Å². The second-order valence-electron chi connectivity index (χ2n) is 7.28. The first kappa shape index (κ1) is 17.6. The maximum absolute atomic E-state index is 5.88. The minimum absolute atomic E-state index is 0.667. The van der Waals surface area contributed by atoms with Gasteiger partial charge in [-0.3, -0.25) is 4.90 Å². The number of rotatable bonds is 5. The number of likely N-dealkylation sites (tertiary alicyclic amines) is 1. The second kappa shape index (κ2) is 7.53. The highest BCUT2D eigenvalue weighted by atomic mass is 79.9. The molecule has 0 bridgehead atoms. The monoisotopic (exact) mass is 436 g/mol. The Bertz CT molecular complexity index is 1090. The molecular weight excluding hydrogens is 416 g/mol. The minimum atomic E-state index is 0.667. The van der Waals surface area contributed by atoms with Crippen molar-refractivity contribution in [3.63, 3.8) is 0 Å². The molecule has 0 N–H and O–H groups in total. The number of oxazole rings is 1. The summed E-state index contributed by atoms with van der Waals surface area (Å²) in [5.41, 5.74) is 5.36. The summed E-state index contributed by atoms with van der Waals surface area (Å²) < 4.78 is 8.78. The molecule has 28 heavy (non-hydrogen) atoms. The van der Waals surface area contributed by atoms with Crippen LogP contribution in [0.3, 0.4) is 0 Å². The summed E-state index contributed by atoms with van der Waals surface area (Å²) in [6, 6.07) is 16.6. The first-order chi connectivity index (χ1) is 13.8. The number of fused-ring (bicyclic) bond motifs is 1. The Morgan fingerprint density at radius 1 is 0.964 bits per heavy atom. The Kier molecular flexibility index (Phi) is 4.74. The van der Waals surface area contributed by atoms with E-state index in [0.29, 0.717) is 5.89 Å². The van der Waals surface area contributed by atoms with E-state index in [-0.39, 0.29) is 0 Å². The lowest BCUT2D eigenvalue weighted by Gasteiger charge is -2.11. The summed E-state index contributed by atoms with van der Waals surface area (Å²) >= 11 is 3.53. The SMILES string of the molecule is Brc1oc(-c2ccc(Cn3cnc4ccccc43)cc2)nc1CN1CCCC1. The fourth-order valence-corrected chi connectivity index (χ4v) is 4.16. The van der Waals surface area contributed by atoms with Crippen LogP contribution in [0.4, 0.5) is 0 Å². The molecule has 0 spiro atoms. The number of halogens is 1. The van der Waals surface area contributed by atoms with Gasteiger partial charge in [-0.25, -0.2) is 9.97 Å². The molecule has 0 atom stereocenters. The predicted octanol–water partition coefficient (Wildman–Crippen LogP) is 5.10. The van der Waals surface area contributed by atoms with E-state index in [2.05, 4.69) is 60.7 Å². The van der Waals surface area contributed by atoms with Gasteiger partial charge in [-0.2, -0.15) is 0 Å². The molecule has 142 valence electrons. The van der Waals surface area contributed by atoms with E-state index in [4.69, 9.17) is 9.40 Å². The van der Waals surface area contributed by atoms with Crippen molar-refractivity contribution in [3.05, 3.63) is 70.8 Å². The van der Waals surface area contributed by atoms with Gasteiger partial charge in [0.25, 0.3) is 0 Å². The molecule has 0 aliphatic carbocycles. The number of para-hydroxylation sites is 2. The number of hydrogen-bond acceptors (Lipinski definition) is 4. The highest BCUT2D eigenvalue weighted by Crippen LogP contribution is 2.28. The lowest BCUT2D eigenvalue weighted by Crippen LogP contribution is -2.18. The standard InChI is InChI=1S/C22H21BrN4O/c23-21-19(14-26-11-3-4-12-26)25-22(28-21)17-9-7-16(8-10-17)13-27-15-24-18-5-1-2-6-20(18)27/h1-2,5-10,15H,3-4,11-14H2. The maximum atomic E-state index is 5.88. The van der Waals surface area contributed by atoms with Gasteiger partial charge in [-0.05, 0) is 71.7 Å². The minimum Gasteiger partial charge on any atom is -0.429 e. The van der Waals surface area contributed by atoms with E-state index < -0.39 is 0 Å². The van der Waals surface area contributed by atoms with E-state index in [1.807, 2.05) is 24.5 Å². The first-order valence-electron chi connectivity index (χ1n) is 9.63. The van der Waals surface area contributed by atoms with Gasteiger partial charge in [0, 0.05) is 18.7 Å². The molecule has 0 saturated carbocycles. The Morgan fingerprint density at radius 2 is 1.75 bits per heavy atom. The predicted molar refractivity (Wildman–Crippen MR) is 113 cm³/mol. The smallest absolute Gasteiger partial charge is 0.227 e. The summed E-state index contributed by atoms with van der Waals surface area (Å²) in [7, 11) is 0. The Hall–Kier alpha value is -2.44. The molecule has 2 aromatic heterocycles. The van der Waals surface area contributed by atoms with E-state index in [1.54, 1.807) is 0 Å². The fourth-order valence-electron chi connectivity index (χ4n) is 3.79. The van der Waals surface area contributed by atoms with Crippen molar-refractivity contribution >= 4 is 27.0 Å². The Balaban J connectivity index is 1.33. The topological polar surface area (TPSA) is 47.1 Å². The van der Waals surface area contributed by atoms with Gasteiger partial charge in [0.15, 0.2) is 4.67 Å². The molecule has 1 aliphatic heterocycles. The van der Waals surface area contributed by atoms with E-state index in [1.165, 1.54) is 18.4 Å². The van der Waals surface area contributed by atoms with Crippen LogP contribution in [0.5, 0.6) is 0 Å². The molecule has 5 rings (SSSR count). The molecule has 5 nitrogen and oxygen atoms in total. The van der Waals surface area contributed by atoms with Crippen LogP contribution < -0.4 is 0 Å². The van der Waals surface area contributed by atoms with Gasteiger partial charge in [-0.15, -0.1) is 0 Å². The lowest BCUT2D eigenvalue weighted by molar-refractivity contribution is 0.325. The molecule has 4 aromatic rings. The van der Waals surface area contributed by atoms with Crippen molar-refractivity contribution in [2.75, 3.05) is 13.1 Å². The molecule has 1 saturated heterocycles. The van der Waals surface area contributed by atoms with Crippen LogP contribution >= 0.6 is 15.9 Å². The quantitative estimate of drug-likeness (QED) is 0.436. The van der Waals surface area contributed by atoms with Crippen molar-refractivity contribution in [1.82, 2.24) is 19.4 Å². The van der Waals surface area contributed by atoms with Gasteiger partial charge in [0.1, 0.15) is 5.69 Å². The number of aromatic nitrogens is 3. The van der Waals surface area contributed by atoms with Gasteiger partial charge in [0.05, 0.1) is 17.4 Å². The highest BCUT2D eigenvalue weighted by Gasteiger charge is 2.18. The van der Waals surface area contributed by atoms with E-state index >= 15 is 0 Å². The fraction of sp³-hybridized carbons (Fsp3) is 0.273. The van der Waals surface area contributed by atoms with Crippen molar-refractivity contribution in [1.29, 1.82) is 0 Å². The average Bonchev–Trinajstić information content (AvgIpc) is 3.45. The van der Waals surface area contributed by atoms with Crippen LogP contribution in [0, 0.1) is 0 Å². The second-order valence-corrected chi connectivity index (χ2v) is 8.00. The molecular formula is C22H21BrN4O. The van der Waals surface area contributed by atoms with Crippen LogP contribution in [0.1, 0.15) is 24.1 Å². The summed E-state index contributed by atoms with van der Waals surface area (Å²) in [6.07, 6.45) is 4.44. The van der Waals surface area contributed by atoms with Crippen LogP contribution in [-0.2, 0) is 13.1 Å². The van der Waals surface area contributed by atoms with Crippen LogP contribution in [0.2, 0.25) is 0 Å². The molecule has 1 aliphatic rings. The summed E-state index contributed by atoms with van der Waals surface area (Å²) in [5.74, 6) is 0.667. The molecule has 0 unspecified atom stereocenters. The average molecular weight is 437 g/mol.